The molecule has 0 radical (unpaired) electrons. The number of hydrogen-bond acceptors (Lipinski definition) is 5. The van der Waals surface area contributed by atoms with Crippen molar-refractivity contribution in [2.24, 2.45) is 0 Å². The number of aromatic nitrogens is 2. The van der Waals surface area contributed by atoms with E-state index in [0.29, 0.717) is 5.82 Å². The lowest BCUT2D eigenvalue weighted by molar-refractivity contribution is -0.118. The Hall–Kier alpha value is -1.85. The van der Waals surface area contributed by atoms with Crippen molar-refractivity contribution in [3.8, 4) is 0 Å². The second kappa shape index (κ2) is 5.66. The van der Waals surface area contributed by atoms with E-state index in [1.807, 2.05) is 20.8 Å². The molecule has 0 saturated carbocycles. The van der Waals surface area contributed by atoms with Crippen molar-refractivity contribution in [1.29, 1.82) is 0 Å². The summed E-state index contributed by atoms with van der Waals surface area (Å²) in [7, 11) is 3.40. The zero-order valence-electron chi connectivity index (χ0n) is 11.6. The van der Waals surface area contributed by atoms with E-state index in [9.17, 15) is 4.79 Å². The minimum Gasteiger partial charge on any atom is -0.373 e. The summed E-state index contributed by atoms with van der Waals surface area (Å²) in [4.78, 5) is 20.0. The van der Waals surface area contributed by atoms with E-state index in [1.54, 1.807) is 20.2 Å². The molecule has 0 spiro atoms. The summed E-state index contributed by atoms with van der Waals surface area (Å²) >= 11 is 0. The van der Waals surface area contributed by atoms with Gasteiger partial charge in [-0.25, -0.2) is 9.97 Å². The normalized spacial score (nSPS) is 10.9. The smallest absolute Gasteiger partial charge is 0.239 e. The highest BCUT2D eigenvalue weighted by molar-refractivity contribution is 5.80. The van der Waals surface area contributed by atoms with Crippen LogP contribution in [0.15, 0.2) is 6.07 Å². The van der Waals surface area contributed by atoms with Gasteiger partial charge in [0.1, 0.15) is 17.5 Å². The van der Waals surface area contributed by atoms with Crippen molar-refractivity contribution < 1.29 is 4.79 Å². The van der Waals surface area contributed by atoms with Gasteiger partial charge in [0.2, 0.25) is 5.91 Å². The predicted octanol–water partition coefficient (Wildman–Crippen LogP) is 0.974. The maximum atomic E-state index is 11.2. The number of carbonyl (C=O) groups is 1. The molecule has 1 aromatic heterocycles. The van der Waals surface area contributed by atoms with Crippen molar-refractivity contribution in [3.63, 3.8) is 0 Å². The summed E-state index contributed by atoms with van der Waals surface area (Å²) < 4.78 is 0. The molecule has 0 aromatic carbocycles. The molecule has 1 heterocycles. The van der Waals surface area contributed by atoms with Crippen molar-refractivity contribution in [2.45, 2.75) is 26.2 Å². The van der Waals surface area contributed by atoms with Crippen molar-refractivity contribution >= 4 is 17.5 Å². The molecular weight excluding hydrogens is 230 g/mol. The number of carbonyl (C=O) groups excluding carboxylic acids is 1. The maximum Gasteiger partial charge on any atom is 0.239 e. The fourth-order valence-electron chi connectivity index (χ4n) is 1.26. The number of hydrogen-bond donors (Lipinski definition) is 3. The fraction of sp³-hybridized carbons (Fsp3) is 0.583. The van der Waals surface area contributed by atoms with Gasteiger partial charge in [-0.3, -0.25) is 4.79 Å². The molecule has 6 heteroatoms. The summed E-state index contributed by atoms with van der Waals surface area (Å²) in [6.07, 6.45) is 0. The van der Waals surface area contributed by atoms with Gasteiger partial charge >= 0.3 is 0 Å². The van der Waals surface area contributed by atoms with E-state index in [4.69, 9.17) is 0 Å². The number of anilines is 2. The zero-order chi connectivity index (χ0) is 13.8. The molecule has 0 atom stereocenters. The number of nitrogens with zero attached hydrogens (tertiary/aromatic N) is 2. The van der Waals surface area contributed by atoms with Crippen LogP contribution in [0.25, 0.3) is 0 Å². The quantitative estimate of drug-likeness (QED) is 0.743. The van der Waals surface area contributed by atoms with E-state index < -0.39 is 0 Å². The molecule has 0 saturated heterocycles. The summed E-state index contributed by atoms with van der Waals surface area (Å²) in [5, 5.41) is 8.52. The van der Waals surface area contributed by atoms with Crippen LogP contribution in [0.4, 0.5) is 11.6 Å². The Morgan fingerprint density at radius 2 is 1.83 bits per heavy atom. The number of rotatable bonds is 4. The Morgan fingerprint density at radius 3 is 2.33 bits per heavy atom. The highest BCUT2D eigenvalue weighted by atomic mass is 16.1. The van der Waals surface area contributed by atoms with E-state index in [-0.39, 0.29) is 17.9 Å². The second-order valence-electron chi connectivity index (χ2n) is 4.99. The largest absolute Gasteiger partial charge is 0.373 e. The third-order valence-corrected chi connectivity index (χ3v) is 2.36. The lowest BCUT2D eigenvalue weighted by Crippen LogP contribution is -2.27. The van der Waals surface area contributed by atoms with Gasteiger partial charge in [0.15, 0.2) is 0 Å². The predicted molar refractivity (Wildman–Crippen MR) is 72.8 cm³/mol. The maximum absolute atomic E-state index is 11.2. The summed E-state index contributed by atoms with van der Waals surface area (Å²) in [5.41, 5.74) is -0.143. The van der Waals surface area contributed by atoms with Gasteiger partial charge < -0.3 is 16.0 Å². The monoisotopic (exact) mass is 251 g/mol. The molecule has 6 nitrogen and oxygen atoms in total. The van der Waals surface area contributed by atoms with Crippen LogP contribution in [0.1, 0.15) is 26.6 Å². The minimum atomic E-state index is -0.143. The average Bonchev–Trinajstić information content (AvgIpc) is 2.34. The van der Waals surface area contributed by atoms with Crippen LogP contribution < -0.4 is 16.0 Å². The highest BCUT2D eigenvalue weighted by Gasteiger charge is 2.19. The molecule has 1 aromatic rings. The van der Waals surface area contributed by atoms with Crippen molar-refractivity contribution in [3.05, 3.63) is 11.9 Å². The highest BCUT2D eigenvalue weighted by Crippen LogP contribution is 2.21. The Balaban J connectivity index is 2.94. The van der Waals surface area contributed by atoms with E-state index in [0.717, 1.165) is 11.6 Å². The minimum absolute atomic E-state index is 0.0862. The molecule has 0 aliphatic heterocycles. The Bertz CT molecular complexity index is 425. The van der Waals surface area contributed by atoms with E-state index >= 15 is 0 Å². The van der Waals surface area contributed by atoms with Crippen LogP contribution in [0, 0.1) is 0 Å². The van der Waals surface area contributed by atoms with Gasteiger partial charge in [-0.05, 0) is 0 Å². The molecule has 0 fully saturated rings. The molecule has 100 valence electrons. The molecule has 0 unspecified atom stereocenters. The Morgan fingerprint density at radius 1 is 1.22 bits per heavy atom. The third kappa shape index (κ3) is 3.87. The topological polar surface area (TPSA) is 78.9 Å². The van der Waals surface area contributed by atoms with Crippen LogP contribution in [0.3, 0.4) is 0 Å². The molecule has 3 N–H and O–H groups in total. The molecule has 0 aliphatic carbocycles. The molecule has 0 bridgehead atoms. The van der Waals surface area contributed by atoms with Gasteiger partial charge in [-0.1, -0.05) is 20.8 Å². The first-order valence-corrected chi connectivity index (χ1v) is 5.88. The molecule has 18 heavy (non-hydrogen) atoms. The van der Waals surface area contributed by atoms with Gasteiger partial charge in [-0.2, -0.15) is 0 Å². The first kappa shape index (κ1) is 14.2. The lowest BCUT2D eigenvalue weighted by Gasteiger charge is -2.18. The van der Waals surface area contributed by atoms with E-state index in [1.165, 1.54) is 0 Å². The van der Waals surface area contributed by atoms with E-state index in [2.05, 4.69) is 25.9 Å². The van der Waals surface area contributed by atoms with Gasteiger partial charge in [-0.15, -0.1) is 0 Å². The van der Waals surface area contributed by atoms with Crippen LogP contribution in [-0.2, 0) is 10.2 Å². The molecule has 1 amide bonds. The van der Waals surface area contributed by atoms with Crippen LogP contribution >= 0.6 is 0 Å². The Kier molecular flexibility index (Phi) is 4.47. The molecular formula is C12H21N5O. The lowest BCUT2D eigenvalue weighted by atomic mass is 9.96. The van der Waals surface area contributed by atoms with Crippen molar-refractivity contribution in [1.82, 2.24) is 15.3 Å². The average molecular weight is 251 g/mol. The van der Waals surface area contributed by atoms with Crippen molar-refractivity contribution in [2.75, 3.05) is 31.3 Å². The first-order chi connectivity index (χ1) is 8.36. The summed E-state index contributed by atoms with van der Waals surface area (Å²) in [5.74, 6) is 2.02. The van der Waals surface area contributed by atoms with Gasteiger partial charge in [0.05, 0.1) is 6.54 Å². The molecule has 1 rings (SSSR count). The van der Waals surface area contributed by atoms with Gasteiger partial charge in [0.25, 0.3) is 0 Å². The van der Waals surface area contributed by atoms with Crippen LogP contribution in [0.5, 0.6) is 0 Å². The second-order valence-corrected chi connectivity index (χ2v) is 4.99. The Labute approximate surface area is 108 Å². The van der Waals surface area contributed by atoms with Gasteiger partial charge in [0, 0.05) is 25.6 Å². The fourth-order valence-corrected chi connectivity index (χ4v) is 1.26. The van der Waals surface area contributed by atoms with Crippen LogP contribution in [-0.4, -0.2) is 36.5 Å². The first-order valence-electron chi connectivity index (χ1n) is 5.88. The number of likely N-dealkylation sites (N-methyl/N-ethyl adjacent to an activating group) is 1. The number of amides is 1. The summed E-state index contributed by atoms with van der Waals surface area (Å²) in [6.45, 7) is 6.33. The standard InChI is InChI=1S/C12H21N5O/c1-12(2,3)11-16-8(13-4)6-9(17-11)15-7-10(18)14-5/h6H,7H2,1-5H3,(H,14,18)(H2,13,15,16,17). The third-order valence-electron chi connectivity index (χ3n) is 2.36. The number of nitrogens with one attached hydrogen (secondary N) is 3. The van der Waals surface area contributed by atoms with Crippen LogP contribution in [0.2, 0.25) is 0 Å². The zero-order valence-corrected chi connectivity index (χ0v) is 11.6. The SMILES string of the molecule is CNC(=O)CNc1cc(NC)nc(C(C)(C)C)n1. The summed E-state index contributed by atoms with van der Waals surface area (Å²) in [6, 6.07) is 1.78. The molecule has 0 aliphatic rings.